The normalized spacial score (nSPS) is 15.8. The van der Waals surface area contributed by atoms with E-state index in [0.717, 1.165) is 11.1 Å². The van der Waals surface area contributed by atoms with Gasteiger partial charge in [0, 0.05) is 34.3 Å². The number of benzene rings is 2. The molecular formula is C21H19Cl2N3O3. The fourth-order valence-electron chi connectivity index (χ4n) is 3.75. The van der Waals surface area contributed by atoms with Crippen LogP contribution in [0.1, 0.15) is 39.6 Å². The van der Waals surface area contributed by atoms with Crippen molar-refractivity contribution < 1.29 is 15.0 Å². The number of phenolic OH excluding ortho intramolecular Hbond substituents is 1. The second kappa shape index (κ2) is 7.71. The maximum absolute atomic E-state index is 13.1. The third-order valence-corrected chi connectivity index (χ3v) is 5.76. The molecule has 0 aliphatic carbocycles. The molecule has 0 fully saturated rings. The first-order chi connectivity index (χ1) is 13.9. The van der Waals surface area contributed by atoms with Gasteiger partial charge in [-0.1, -0.05) is 35.3 Å². The van der Waals surface area contributed by atoms with Crippen LogP contribution in [0.3, 0.4) is 0 Å². The lowest BCUT2D eigenvalue weighted by Crippen LogP contribution is -2.31. The zero-order valence-corrected chi connectivity index (χ0v) is 17.1. The molecule has 0 spiro atoms. The summed E-state index contributed by atoms with van der Waals surface area (Å²) in [6, 6.07) is 10.1. The number of aliphatic hydroxyl groups excluding tert-OH is 1. The van der Waals surface area contributed by atoms with E-state index in [1.165, 1.54) is 0 Å². The number of hydrogen-bond acceptors (Lipinski definition) is 4. The first-order valence-electron chi connectivity index (χ1n) is 9.17. The van der Waals surface area contributed by atoms with Crippen molar-refractivity contribution in [1.29, 1.82) is 0 Å². The number of carbonyl (C=O) groups excluding carboxylic acids is 1. The topological polar surface area (TPSA) is 89.5 Å². The number of nitrogens with zero attached hydrogens (tertiary/aromatic N) is 2. The van der Waals surface area contributed by atoms with E-state index in [2.05, 4.69) is 10.2 Å². The van der Waals surface area contributed by atoms with Gasteiger partial charge in [-0.25, -0.2) is 0 Å². The fraction of sp³-hybridized carbons (Fsp3) is 0.238. The summed E-state index contributed by atoms with van der Waals surface area (Å²) in [6.07, 6.45) is 0.442. The van der Waals surface area contributed by atoms with E-state index < -0.39 is 6.04 Å². The minimum Gasteiger partial charge on any atom is -0.507 e. The highest BCUT2D eigenvalue weighted by Gasteiger charge is 2.42. The van der Waals surface area contributed by atoms with Gasteiger partial charge in [0.2, 0.25) is 0 Å². The Bertz CT molecular complexity index is 1100. The molecule has 0 radical (unpaired) electrons. The Morgan fingerprint density at radius 1 is 1.24 bits per heavy atom. The Hall–Kier alpha value is -2.54. The van der Waals surface area contributed by atoms with Crippen LogP contribution in [0.2, 0.25) is 10.0 Å². The highest BCUT2D eigenvalue weighted by Crippen LogP contribution is 2.45. The van der Waals surface area contributed by atoms with Crippen LogP contribution < -0.4 is 0 Å². The number of hydrogen-bond donors (Lipinski definition) is 3. The summed E-state index contributed by atoms with van der Waals surface area (Å²) in [7, 11) is 0. The molecule has 0 unspecified atom stereocenters. The molecule has 3 N–H and O–H groups in total. The van der Waals surface area contributed by atoms with Gasteiger partial charge in [-0.15, -0.1) is 0 Å². The molecule has 0 bridgehead atoms. The Balaban J connectivity index is 1.91. The molecule has 1 aliphatic heterocycles. The molecule has 1 aliphatic rings. The Morgan fingerprint density at radius 3 is 2.76 bits per heavy atom. The van der Waals surface area contributed by atoms with Crippen molar-refractivity contribution in [3.63, 3.8) is 0 Å². The molecular weight excluding hydrogens is 413 g/mol. The van der Waals surface area contributed by atoms with Crippen LogP contribution in [0.25, 0.3) is 11.3 Å². The lowest BCUT2D eigenvalue weighted by atomic mass is 9.95. The number of aromatic amines is 1. The minimum absolute atomic E-state index is 0.0283. The molecule has 29 heavy (non-hydrogen) atoms. The number of aromatic nitrogens is 2. The summed E-state index contributed by atoms with van der Waals surface area (Å²) in [5, 5.41) is 28.0. The van der Waals surface area contributed by atoms with Crippen molar-refractivity contribution in [2.45, 2.75) is 19.4 Å². The summed E-state index contributed by atoms with van der Waals surface area (Å²) >= 11 is 12.5. The molecule has 1 amide bonds. The number of H-pyrrole nitrogens is 1. The van der Waals surface area contributed by atoms with E-state index in [-0.39, 0.29) is 18.3 Å². The minimum atomic E-state index is -0.448. The number of aryl methyl sites for hydroxylation is 1. The summed E-state index contributed by atoms with van der Waals surface area (Å²) in [5.41, 5.74) is 3.49. The van der Waals surface area contributed by atoms with Crippen molar-refractivity contribution in [3.8, 4) is 17.0 Å². The summed E-state index contributed by atoms with van der Waals surface area (Å²) < 4.78 is 0. The van der Waals surface area contributed by atoms with Crippen LogP contribution in [0.5, 0.6) is 5.75 Å². The van der Waals surface area contributed by atoms with E-state index in [9.17, 15) is 15.0 Å². The van der Waals surface area contributed by atoms with Crippen molar-refractivity contribution in [1.82, 2.24) is 15.1 Å². The van der Waals surface area contributed by atoms with Crippen molar-refractivity contribution in [2.75, 3.05) is 13.2 Å². The van der Waals surface area contributed by atoms with Crippen LogP contribution in [0, 0.1) is 6.92 Å². The lowest BCUT2D eigenvalue weighted by Gasteiger charge is -2.26. The number of nitrogens with one attached hydrogen (secondary N) is 1. The number of aliphatic hydroxyl groups is 1. The van der Waals surface area contributed by atoms with Gasteiger partial charge in [-0.2, -0.15) is 5.10 Å². The Morgan fingerprint density at radius 2 is 2.03 bits per heavy atom. The number of aromatic hydroxyl groups is 1. The standard InChI is InChI=1S/C21H19Cl2N3O3/c1-11-8-16(28)14(10-15(11)23)18-17-19(25-24-18)21(29)26(6-3-7-27)20(17)12-4-2-5-13(22)9-12/h2,4-5,8-10,20,27-28H,3,6-7H2,1H3,(H,24,25)/t20-/m0/s1. The van der Waals surface area contributed by atoms with Gasteiger partial charge >= 0.3 is 0 Å². The van der Waals surface area contributed by atoms with Crippen LogP contribution in [0.15, 0.2) is 36.4 Å². The monoisotopic (exact) mass is 431 g/mol. The van der Waals surface area contributed by atoms with Gasteiger partial charge in [0.15, 0.2) is 0 Å². The molecule has 2 aromatic carbocycles. The number of fused-ring (bicyclic) bond motifs is 1. The molecule has 0 saturated carbocycles. The largest absolute Gasteiger partial charge is 0.507 e. The summed E-state index contributed by atoms with van der Waals surface area (Å²) in [5.74, 6) is -0.179. The third-order valence-electron chi connectivity index (χ3n) is 5.12. The van der Waals surface area contributed by atoms with Gasteiger partial charge in [0.05, 0.1) is 6.04 Å². The predicted molar refractivity (Wildman–Crippen MR) is 111 cm³/mol. The third kappa shape index (κ3) is 3.37. The maximum atomic E-state index is 13.1. The second-order valence-electron chi connectivity index (χ2n) is 7.01. The zero-order chi connectivity index (χ0) is 20.7. The lowest BCUT2D eigenvalue weighted by molar-refractivity contribution is 0.0732. The average Bonchev–Trinajstić information content (AvgIpc) is 3.22. The molecule has 8 heteroatoms. The van der Waals surface area contributed by atoms with Crippen LogP contribution in [0.4, 0.5) is 0 Å². The molecule has 1 atom stereocenters. The van der Waals surface area contributed by atoms with E-state index in [4.69, 9.17) is 23.2 Å². The van der Waals surface area contributed by atoms with Crippen LogP contribution in [-0.4, -0.2) is 44.4 Å². The number of carbonyl (C=O) groups is 1. The Labute approximate surface area is 177 Å². The highest BCUT2D eigenvalue weighted by atomic mass is 35.5. The average molecular weight is 432 g/mol. The number of amides is 1. The number of phenols is 1. The van der Waals surface area contributed by atoms with Gasteiger partial charge < -0.3 is 15.1 Å². The Kier molecular flexibility index (Phi) is 5.25. The molecule has 150 valence electrons. The van der Waals surface area contributed by atoms with E-state index in [1.54, 1.807) is 36.1 Å². The molecule has 0 saturated heterocycles. The van der Waals surface area contributed by atoms with Gasteiger partial charge in [0.1, 0.15) is 17.1 Å². The summed E-state index contributed by atoms with van der Waals surface area (Å²) in [6.45, 7) is 2.14. The SMILES string of the molecule is Cc1cc(O)c(-c2n[nH]c3c2[C@H](c2cccc(Cl)c2)N(CCCO)C3=O)cc1Cl. The molecule has 2 heterocycles. The predicted octanol–water partition coefficient (Wildman–Crippen LogP) is 4.33. The first kappa shape index (κ1) is 19.8. The number of halogens is 2. The highest BCUT2D eigenvalue weighted by molar-refractivity contribution is 6.31. The summed E-state index contributed by atoms with van der Waals surface area (Å²) in [4.78, 5) is 14.8. The van der Waals surface area contributed by atoms with Crippen molar-refractivity contribution in [2.24, 2.45) is 0 Å². The van der Waals surface area contributed by atoms with Gasteiger partial charge in [-0.3, -0.25) is 9.89 Å². The zero-order valence-electron chi connectivity index (χ0n) is 15.6. The maximum Gasteiger partial charge on any atom is 0.273 e. The van der Waals surface area contributed by atoms with Crippen LogP contribution >= 0.6 is 23.2 Å². The molecule has 3 aromatic rings. The van der Waals surface area contributed by atoms with E-state index in [1.807, 2.05) is 12.1 Å². The molecule has 1 aromatic heterocycles. The quantitative estimate of drug-likeness (QED) is 0.560. The van der Waals surface area contributed by atoms with Crippen molar-refractivity contribution in [3.05, 3.63) is 68.8 Å². The fourth-order valence-corrected chi connectivity index (χ4v) is 4.12. The number of rotatable bonds is 5. The van der Waals surface area contributed by atoms with Crippen molar-refractivity contribution >= 4 is 29.1 Å². The molecule has 4 rings (SSSR count). The van der Waals surface area contributed by atoms with Crippen LogP contribution in [-0.2, 0) is 0 Å². The first-order valence-corrected chi connectivity index (χ1v) is 9.93. The van der Waals surface area contributed by atoms with Gasteiger partial charge in [-0.05, 0) is 48.7 Å². The van der Waals surface area contributed by atoms with Gasteiger partial charge in [0.25, 0.3) is 5.91 Å². The van der Waals surface area contributed by atoms with E-state index in [0.29, 0.717) is 45.5 Å². The van der Waals surface area contributed by atoms with E-state index >= 15 is 0 Å². The smallest absolute Gasteiger partial charge is 0.273 e. The molecule has 6 nitrogen and oxygen atoms in total. The second-order valence-corrected chi connectivity index (χ2v) is 7.86.